The van der Waals surface area contributed by atoms with Gasteiger partial charge in [-0.05, 0) is 31.0 Å². The highest BCUT2D eigenvalue weighted by Gasteiger charge is 2.30. The molecule has 0 bridgehead atoms. The number of nitrogens with zero attached hydrogens (tertiary/aromatic N) is 7. The lowest BCUT2D eigenvalue weighted by molar-refractivity contribution is -0.117. The van der Waals surface area contributed by atoms with Gasteiger partial charge in [0.15, 0.2) is 23.1 Å². The third-order valence-corrected chi connectivity index (χ3v) is 6.00. The summed E-state index contributed by atoms with van der Waals surface area (Å²) in [7, 11) is 1.78. The van der Waals surface area contributed by atoms with Gasteiger partial charge < -0.3 is 20.3 Å². The molecule has 0 radical (unpaired) electrons. The first-order chi connectivity index (χ1) is 16.2. The molecule has 11 heteroatoms. The highest BCUT2D eigenvalue weighted by atomic mass is 16.5. The fraction of sp³-hybridized carbons (Fsp3) is 0.364. The van der Waals surface area contributed by atoms with Crippen LogP contribution in [0.3, 0.4) is 0 Å². The Labute approximate surface area is 189 Å². The summed E-state index contributed by atoms with van der Waals surface area (Å²) in [6.07, 6.45) is 5.54. The van der Waals surface area contributed by atoms with Crippen molar-refractivity contribution in [2.75, 3.05) is 48.9 Å². The van der Waals surface area contributed by atoms with Crippen LogP contribution in [0.4, 0.5) is 17.3 Å². The van der Waals surface area contributed by atoms with Crippen LogP contribution in [0.5, 0.6) is 0 Å². The van der Waals surface area contributed by atoms with Crippen molar-refractivity contribution < 1.29 is 9.53 Å². The van der Waals surface area contributed by atoms with Crippen molar-refractivity contribution in [1.82, 2.24) is 29.8 Å². The Morgan fingerprint density at radius 3 is 2.82 bits per heavy atom. The molecule has 1 aliphatic carbocycles. The van der Waals surface area contributed by atoms with Gasteiger partial charge in [0.2, 0.25) is 5.91 Å². The van der Waals surface area contributed by atoms with Crippen molar-refractivity contribution in [3.05, 3.63) is 30.6 Å². The molecule has 1 amide bonds. The Bertz CT molecular complexity index is 1360. The van der Waals surface area contributed by atoms with Gasteiger partial charge in [0, 0.05) is 43.2 Å². The number of rotatable bonds is 5. The number of hydrogen-bond acceptors (Lipinski definition) is 9. The van der Waals surface area contributed by atoms with Crippen LogP contribution >= 0.6 is 0 Å². The van der Waals surface area contributed by atoms with E-state index in [1.54, 1.807) is 17.8 Å². The summed E-state index contributed by atoms with van der Waals surface area (Å²) in [6, 6.07) is 5.82. The maximum Gasteiger partial charge on any atom is 0.228 e. The first kappa shape index (κ1) is 19.8. The van der Waals surface area contributed by atoms with Gasteiger partial charge in [-0.15, -0.1) is 15.3 Å². The molecule has 0 aromatic carbocycles. The van der Waals surface area contributed by atoms with Crippen LogP contribution in [-0.4, -0.2) is 69.0 Å². The van der Waals surface area contributed by atoms with E-state index in [0.717, 1.165) is 61.4 Å². The largest absolute Gasteiger partial charge is 0.378 e. The molecule has 2 aliphatic rings. The monoisotopic (exact) mass is 445 g/mol. The van der Waals surface area contributed by atoms with Crippen molar-refractivity contribution in [2.24, 2.45) is 5.92 Å². The lowest BCUT2D eigenvalue weighted by Crippen LogP contribution is -2.36. The number of nitrogens with one attached hydrogen (secondary N) is 2. The zero-order chi connectivity index (χ0) is 22.4. The molecular formula is C22H23N9O2. The minimum absolute atomic E-state index is 0.0189. The third-order valence-electron chi connectivity index (χ3n) is 6.00. The summed E-state index contributed by atoms with van der Waals surface area (Å²) in [5.41, 5.74) is 3.12. The second-order valence-electron chi connectivity index (χ2n) is 8.25. The van der Waals surface area contributed by atoms with Crippen molar-refractivity contribution >= 4 is 39.8 Å². The normalized spacial score (nSPS) is 16.3. The summed E-state index contributed by atoms with van der Waals surface area (Å²) in [5, 5.41) is 19.9. The predicted molar refractivity (Wildman–Crippen MR) is 123 cm³/mol. The van der Waals surface area contributed by atoms with Crippen LogP contribution in [0.25, 0.3) is 27.9 Å². The van der Waals surface area contributed by atoms with Crippen LogP contribution < -0.4 is 15.5 Å². The molecule has 168 valence electrons. The van der Waals surface area contributed by atoms with E-state index in [9.17, 15) is 4.79 Å². The number of ether oxygens (including phenoxy) is 1. The zero-order valence-corrected chi connectivity index (χ0v) is 18.2. The number of amides is 1. The standard InChI is InChI=1S/C22H23N9O2/c1-23-21-19-15(10-17(27-28-19)25-22(32)13-2-3-13)16(11-24-21)20-26-18-5-4-14(12-31(18)29-20)30-6-8-33-9-7-30/h4-5,10-13H,2-3,6-9H2,1H3,(H,23,24)(H,25,27,32). The van der Waals surface area contributed by atoms with Gasteiger partial charge in [-0.1, -0.05) is 0 Å². The number of anilines is 3. The molecule has 1 saturated heterocycles. The topological polar surface area (TPSA) is 122 Å². The summed E-state index contributed by atoms with van der Waals surface area (Å²) in [4.78, 5) is 23.7. The fourth-order valence-corrected chi connectivity index (χ4v) is 4.02. The van der Waals surface area contributed by atoms with Crippen LogP contribution in [0.2, 0.25) is 0 Å². The third kappa shape index (κ3) is 3.69. The average molecular weight is 445 g/mol. The smallest absolute Gasteiger partial charge is 0.228 e. The molecule has 4 aromatic rings. The van der Waals surface area contributed by atoms with Crippen molar-refractivity contribution in [3.63, 3.8) is 0 Å². The van der Waals surface area contributed by atoms with Crippen LogP contribution in [0, 0.1) is 5.92 Å². The van der Waals surface area contributed by atoms with E-state index in [-0.39, 0.29) is 11.8 Å². The number of carbonyl (C=O) groups is 1. The Balaban J connectivity index is 1.41. The number of pyridine rings is 2. The SMILES string of the molecule is CNc1ncc(-c2nc3ccc(N4CCOCC4)cn3n2)c2cc(NC(=O)C3CC3)nnc12. The van der Waals surface area contributed by atoms with E-state index >= 15 is 0 Å². The van der Waals surface area contributed by atoms with Crippen LogP contribution in [0.15, 0.2) is 30.6 Å². The molecule has 1 saturated carbocycles. The molecule has 5 heterocycles. The number of aromatic nitrogens is 6. The van der Waals surface area contributed by atoms with E-state index in [1.807, 2.05) is 18.3 Å². The predicted octanol–water partition coefficient (Wildman–Crippen LogP) is 1.96. The first-order valence-corrected chi connectivity index (χ1v) is 11.0. The number of morpholine rings is 1. The van der Waals surface area contributed by atoms with E-state index in [1.165, 1.54) is 0 Å². The first-order valence-electron chi connectivity index (χ1n) is 11.0. The summed E-state index contributed by atoms with van der Waals surface area (Å²) in [5.74, 6) is 1.59. The van der Waals surface area contributed by atoms with Gasteiger partial charge in [0.1, 0.15) is 5.52 Å². The van der Waals surface area contributed by atoms with Crippen molar-refractivity contribution in [1.29, 1.82) is 0 Å². The molecule has 4 aromatic heterocycles. The van der Waals surface area contributed by atoms with Crippen LogP contribution in [-0.2, 0) is 9.53 Å². The molecule has 0 atom stereocenters. The maximum atomic E-state index is 12.2. The minimum Gasteiger partial charge on any atom is -0.378 e. The zero-order valence-electron chi connectivity index (χ0n) is 18.2. The molecule has 2 fully saturated rings. The average Bonchev–Trinajstić information content (AvgIpc) is 3.62. The van der Waals surface area contributed by atoms with E-state index < -0.39 is 0 Å². The fourth-order valence-electron chi connectivity index (χ4n) is 4.02. The van der Waals surface area contributed by atoms with Gasteiger partial charge in [-0.25, -0.2) is 14.5 Å². The number of hydrogen-bond donors (Lipinski definition) is 2. The van der Waals surface area contributed by atoms with Gasteiger partial charge >= 0.3 is 0 Å². The van der Waals surface area contributed by atoms with E-state index in [0.29, 0.717) is 23.0 Å². The summed E-state index contributed by atoms with van der Waals surface area (Å²) in [6.45, 7) is 3.13. The molecule has 0 spiro atoms. The van der Waals surface area contributed by atoms with Gasteiger partial charge in [0.05, 0.1) is 25.1 Å². The molecule has 1 aliphatic heterocycles. The van der Waals surface area contributed by atoms with Crippen molar-refractivity contribution in [3.8, 4) is 11.4 Å². The number of fused-ring (bicyclic) bond motifs is 2. The lowest BCUT2D eigenvalue weighted by atomic mass is 10.1. The minimum atomic E-state index is -0.0189. The Morgan fingerprint density at radius 2 is 2.03 bits per heavy atom. The Kier molecular flexibility index (Phi) is 4.75. The summed E-state index contributed by atoms with van der Waals surface area (Å²) >= 11 is 0. The van der Waals surface area contributed by atoms with Crippen molar-refractivity contribution in [2.45, 2.75) is 12.8 Å². The van der Waals surface area contributed by atoms with Crippen LogP contribution in [0.1, 0.15) is 12.8 Å². The molecule has 6 rings (SSSR count). The molecule has 33 heavy (non-hydrogen) atoms. The van der Waals surface area contributed by atoms with Gasteiger partial charge in [-0.2, -0.15) is 0 Å². The summed E-state index contributed by atoms with van der Waals surface area (Å²) < 4.78 is 7.23. The molecule has 0 unspecified atom stereocenters. The van der Waals surface area contributed by atoms with Gasteiger partial charge in [0.25, 0.3) is 0 Å². The molecule has 11 nitrogen and oxygen atoms in total. The van der Waals surface area contributed by atoms with E-state index in [4.69, 9.17) is 14.8 Å². The Hall–Kier alpha value is -3.86. The molecular weight excluding hydrogens is 422 g/mol. The second kappa shape index (κ2) is 7.93. The lowest BCUT2D eigenvalue weighted by Gasteiger charge is -2.28. The quantitative estimate of drug-likeness (QED) is 0.474. The maximum absolute atomic E-state index is 12.2. The highest BCUT2D eigenvalue weighted by molar-refractivity contribution is 6.01. The highest BCUT2D eigenvalue weighted by Crippen LogP contribution is 2.32. The number of carbonyl (C=O) groups excluding carboxylic acids is 1. The van der Waals surface area contributed by atoms with Gasteiger partial charge in [-0.3, -0.25) is 4.79 Å². The Morgan fingerprint density at radius 1 is 1.18 bits per heavy atom. The second-order valence-corrected chi connectivity index (χ2v) is 8.25. The van der Waals surface area contributed by atoms with E-state index in [2.05, 4.69) is 36.8 Å². The molecule has 2 N–H and O–H groups in total.